The number of methoxy groups -OCH3 is 1. The summed E-state index contributed by atoms with van der Waals surface area (Å²) >= 11 is 6.15. The Morgan fingerprint density at radius 1 is 1.07 bits per heavy atom. The van der Waals surface area contributed by atoms with Crippen LogP contribution in [-0.4, -0.2) is 18.2 Å². The van der Waals surface area contributed by atoms with E-state index in [0.717, 1.165) is 22.1 Å². The van der Waals surface area contributed by atoms with E-state index in [4.69, 9.17) is 20.9 Å². The zero-order valence-corrected chi connectivity index (χ0v) is 17.0. The molecule has 0 atom stereocenters. The van der Waals surface area contributed by atoms with Crippen molar-refractivity contribution in [3.8, 4) is 17.1 Å². The molecule has 29 heavy (non-hydrogen) atoms. The zero-order valence-electron chi connectivity index (χ0n) is 16.2. The van der Waals surface area contributed by atoms with Gasteiger partial charge in [-0.1, -0.05) is 46.6 Å². The Morgan fingerprint density at radius 3 is 2.55 bits per heavy atom. The molecule has 5 nitrogen and oxygen atoms in total. The summed E-state index contributed by atoms with van der Waals surface area (Å²) < 4.78 is 10.9. The lowest BCUT2D eigenvalue weighted by Crippen LogP contribution is -2.12. The van der Waals surface area contributed by atoms with Crippen LogP contribution in [-0.2, 0) is 0 Å². The summed E-state index contributed by atoms with van der Waals surface area (Å²) in [5, 5.41) is 8.36. The minimum Gasteiger partial charge on any atom is -0.495 e. The summed E-state index contributed by atoms with van der Waals surface area (Å²) in [6.45, 7) is 3.89. The van der Waals surface area contributed by atoms with Gasteiger partial charge in [0.05, 0.1) is 18.2 Å². The van der Waals surface area contributed by atoms with Crippen molar-refractivity contribution in [3.63, 3.8) is 0 Å². The second-order valence-electron chi connectivity index (χ2n) is 6.87. The molecule has 4 aromatic rings. The molecule has 0 radical (unpaired) electrons. The average molecular weight is 407 g/mol. The van der Waals surface area contributed by atoms with Gasteiger partial charge in [-0.15, -0.1) is 0 Å². The zero-order chi connectivity index (χ0) is 20.5. The second kappa shape index (κ2) is 7.60. The van der Waals surface area contributed by atoms with Crippen LogP contribution in [0.5, 0.6) is 5.75 Å². The first-order valence-electron chi connectivity index (χ1n) is 9.08. The smallest absolute Gasteiger partial charge is 0.255 e. The van der Waals surface area contributed by atoms with Crippen molar-refractivity contribution in [2.75, 3.05) is 12.4 Å². The number of aryl methyl sites for hydroxylation is 2. The third-order valence-electron chi connectivity index (χ3n) is 4.78. The van der Waals surface area contributed by atoms with Crippen LogP contribution in [0.2, 0.25) is 5.02 Å². The number of halogens is 1. The number of benzene rings is 3. The average Bonchev–Trinajstić information content (AvgIpc) is 3.14. The highest BCUT2D eigenvalue weighted by Crippen LogP contribution is 2.32. The lowest BCUT2D eigenvalue weighted by molar-refractivity contribution is 0.102. The molecule has 0 aliphatic carbocycles. The Morgan fingerprint density at radius 2 is 1.83 bits per heavy atom. The Balaban J connectivity index is 1.69. The molecule has 4 rings (SSSR count). The van der Waals surface area contributed by atoms with Gasteiger partial charge in [-0.2, -0.15) is 0 Å². The summed E-state index contributed by atoms with van der Waals surface area (Å²) in [6.07, 6.45) is 0. The normalized spacial score (nSPS) is 10.9. The first-order chi connectivity index (χ1) is 14.0. The monoisotopic (exact) mass is 406 g/mol. The van der Waals surface area contributed by atoms with Crippen LogP contribution in [0.15, 0.2) is 59.1 Å². The Labute approximate surface area is 173 Å². The molecule has 146 valence electrons. The van der Waals surface area contributed by atoms with Crippen LogP contribution in [0.1, 0.15) is 21.5 Å². The lowest BCUT2D eigenvalue weighted by Gasteiger charge is -2.12. The van der Waals surface area contributed by atoms with Crippen molar-refractivity contribution < 1.29 is 14.1 Å². The van der Waals surface area contributed by atoms with Gasteiger partial charge in [-0.25, -0.2) is 0 Å². The minimum absolute atomic E-state index is 0.261. The molecular formula is C23H19ClN2O3. The quantitative estimate of drug-likeness (QED) is 0.449. The fourth-order valence-electron chi connectivity index (χ4n) is 3.12. The summed E-state index contributed by atoms with van der Waals surface area (Å²) in [7, 11) is 1.54. The number of nitrogens with zero attached hydrogens (tertiary/aromatic N) is 1. The fraction of sp³-hybridized carbons (Fsp3) is 0.130. The number of hydrogen-bond acceptors (Lipinski definition) is 4. The molecule has 1 aromatic heterocycles. The number of hydrogen-bond donors (Lipinski definition) is 1. The van der Waals surface area contributed by atoms with Crippen LogP contribution in [0.4, 0.5) is 5.69 Å². The van der Waals surface area contributed by atoms with Gasteiger partial charge < -0.3 is 14.6 Å². The SMILES string of the molecule is COc1cc(Cl)c(C)cc1NC(=O)c1ccc2noc(-c3ccc(C)cc3)c2c1. The van der Waals surface area contributed by atoms with E-state index in [1.807, 2.05) is 38.1 Å². The number of amides is 1. The Bertz CT molecular complexity index is 1210. The van der Waals surface area contributed by atoms with Gasteiger partial charge >= 0.3 is 0 Å². The maximum absolute atomic E-state index is 12.9. The number of carbonyl (C=O) groups is 1. The topological polar surface area (TPSA) is 64.4 Å². The number of anilines is 1. The predicted molar refractivity (Wildman–Crippen MR) is 115 cm³/mol. The van der Waals surface area contributed by atoms with E-state index in [9.17, 15) is 4.79 Å². The molecule has 0 spiro atoms. The van der Waals surface area contributed by atoms with E-state index in [1.54, 1.807) is 30.3 Å². The first kappa shape index (κ1) is 19.0. The van der Waals surface area contributed by atoms with Gasteiger partial charge in [0, 0.05) is 22.2 Å². The molecule has 0 saturated heterocycles. The molecule has 3 aromatic carbocycles. The standard InChI is InChI=1S/C23H19ClN2O3/c1-13-4-6-15(7-5-13)22-17-11-16(8-9-19(17)26-29-22)23(27)25-20-10-14(2)18(24)12-21(20)28-3/h4-12H,1-3H3,(H,25,27). The van der Waals surface area contributed by atoms with E-state index in [0.29, 0.717) is 33.3 Å². The number of ether oxygens (including phenoxy) is 1. The van der Waals surface area contributed by atoms with E-state index in [-0.39, 0.29) is 5.91 Å². The number of rotatable bonds is 4. The number of nitrogens with one attached hydrogen (secondary N) is 1. The Kier molecular flexibility index (Phi) is 4.99. The largest absolute Gasteiger partial charge is 0.495 e. The number of aromatic nitrogens is 1. The summed E-state index contributed by atoms with van der Waals surface area (Å²) in [5.74, 6) is 0.873. The summed E-state index contributed by atoms with van der Waals surface area (Å²) in [5.41, 5.74) is 4.65. The van der Waals surface area contributed by atoms with Crippen LogP contribution in [0.3, 0.4) is 0 Å². The van der Waals surface area contributed by atoms with Gasteiger partial charge in [0.15, 0.2) is 5.76 Å². The molecule has 0 saturated carbocycles. The van der Waals surface area contributed by atoms with Crippen molar-refractivity contribution in [1.82, 2.24) is 5.16 Å². The van der Waals surface area contributed by atoms with Crippen molar-refractivity contribution in [3.05, 3.63) is 76.3 Å². The first-order valence-corrected chi connectivity index (χ1v) is 9.46. The molecule has 1 heterocycles. The highest BCUT2D eigenvalue weighted by Gasteiger charge is 2.16. The maximum atomic E-state index is 12.9. The van der Waals surface area contributed by atoms with Gasteiger partial charge in [0.1, 0.15) is 11.3 Å². The predicted octanol–water partition coefficient (Wildman–Crippen LogP) is 6.03. The van der Waals surface area contributed by atoms with Crippen molar-refractivity contribution in [2.24, 2.45) is 0 Å². The minimum atomic E-state index is -0.261. The molecule has 1 N–H and O–H groups in total. The molecule has 0 fully saturated rings. The van der Waals surface area contributed by atoms with E-state index in [1.165, 1.54) is 7.11 Å². The molecule has 6 heteroatoms. The van der Waals surface area contributed by atoms with Crippen molar-refractivity contribution >= 4 is 34.1 Å². The highest BCUT2D eigenvalue weighted by atomic mass is 35.5. The molecular weight excluding hydrogens is 388 g/mol. The Hall–Kier alpha value is -3.31. The molecule has 0 aliphatic rings. The third-order valence-corrected chi connectivity index (χ3v) is 5.19. The molecule has 0 aliphatic heterocycles. The van der Waals surface area contributed by atoms with Crippen LogP contribution in [0, 0.1) is 13.8 Å². The van der Waals surface area contributed by atoms with Gasteiger partial charge in [0.2, 0.25) is 0 Å². The van der Waals surface area contributed by atoms with E-state index in [2.05, 4.69) is 10.5 Å². The summed E-state index contributed by atoms with van der Waals surface area (Å²) in [4.78, 5) is 12.9. The lowest BCUT2D eigenvalue weighted by atomic mass is 10.0. The highest BCUT2D eigenvalue weighted by molar-refractivity contribution is 6.31. The van der Waals surface area contributed by atoms with Crippen LogP contribution < -0.4 is 10.1 Å². The molecule has 0 bridgehead atoms. The van der Waals surface area contributed by atoms with Crippen LogP contribution >= 0.6 is 11.6 Å². The molecule has 0 unspecified atom stereocenters. The van der Waals surface area contributed by atoms with Gasteiger partial charge in [0.25, 0.3) is 5.91 Å². The van der Waals surface area contributed by atoms with Gasteiger partial charge in [-0.05, 0) is 43.7 Å². The fourth-order valence-corrected chi connectivity index (χ4v) is 3.27. The number of carbonyl (C=O) groups excluding carboxylic acids is 1. The second-order valence-corrected chi connectivity index (χ2v) is 7.27. The van der Waals surface area contributed by atoms with E-state index < -0.39 is 0 Å². The van der Waals surface area contributed by atoms with Crippen molar-refractivity contribution in [1.29, 1.82) is 0 Å². The third kappa shape index (κ3) is 3.69. The van der Waals surface area contributed by atoms with Crippen molar-refractivity contribution in [2.45, 2.75) is 13.8 Å². The summed E-state index contributed by atoms with van der Waals surface area (Å²) in [6, 6.07) is 16.7. The van der Waals surface area contributed by atoms with E-state index >= 15 is 0 Å². The maximum Gasteiger partial charge on any atom is 0.255 e. The number of fused-ring (bicyclic) bond motifs is 1. The molecule has 1 amide bonds. The van der Waals surface area contributed by atoms with Crippen LogP contribution in [0.25, 0.3) is 22.2 Å². The van der Waals surface area contributed by atoms with Gasteiger partial charge in [-0.3, -0.25) is 4.79 Å².